The summed E-state index contributed by atoms with van der Waals surface area (Å²) in [6.07, 6.45) is 1.30. The first-order valence-corrected chi connectivity index (χ1v) is 9.19. The third-order valence-electron chi connectivity index (χ3n) is 4.28. The van der Waals surface area contributed by atoms with Gasteiger partial charge in [0.15, 0.2) is 11.0 Å². The van der Waals surface area contributed by atoms with Gasteiger partial charge in [-0.25, -0.2) is 0 Å². The number of ketones is 1. The number of hydrogen-bond acceptors (Lipinski definition) is 4. The summed E-state index contributed by atoms with van der Waals surface area (Å²) in [4.78, 5) is 17.1. The second kappa shape index (κ2) is 6.99. The van der Waals surface area contributed by atoms with Crippen molar-refractivity contribution in [1.29, 1.82) is 0 Å². The average Bonchev–Trinajstić information content (AvgIpc) is 2.55. The van der Waals surface area contributed by atoms with Gasteiger partial charge in [-0.3, -0.25) is 9.79 Å². The molecule has 0 radical (unpaired) electrons. The number of thioether (sulfide) groups is 1. The van der Waals surface area contributed by atoms with E-state index >= 15 is 0 Å². The molecule has 1 aliphatic rings. The first-order valence-electron chi connectivity index (χ1n) is 7.83. The minimum atomic E-state index is -0.311. The molecule has 0 aromatic heterocycles. The molecular weight excluding hydrogens is 340 g/mol. The quantitative estimate of drug-likeness (QED) is 0.822. The average molecular weight is 359 g/mol. The Morgan fingerprint density at radius 1 is 1.29 bits per heavy atom. The number of carbonyl (C=O) groups is 1. The van der Waals surface area contributed by atoms with E-state index in [1.165, 1.54) is 0 Å². The van der Waals surface area contributed by atoms with E-state index in [4.69, 9.17) is 17.3 Å². The van der Waals surface area contributed by atoms with Crippen LogP contribution < -0.4 is 5.73 Å². The van der Waals surface area contributed by atoms with Gasteiger partial charge in [0.25, 0.3) is 0 Å². The molecule has 0 bridgehead atoms. The monoisotopic (exact) mass is 358 g/mol. The molecule has 0 saturated heterocycles. The molecule has 1 unspecified atom stereocenters. The highest BCUT2D eigenvalue weighted by Crippen LogP contribution is 2.35. The molecule has 1 atom stereocenters. The van der Waals surface area contributed by atoms with Gasteiger partial charge in [-0.2, -0.15) is 0 Å². The number of Topliss-reactive ketones (excluding diaryl/α,β-unsaturated/α-hetero) is 1. The number of benzene rings is 2. The Hall–Kier alpha value is -1.78. The van der Waals surface area contributed by atoms with Crippen molar-refractivity contribution in [1.82, 2.24) is 0 Å². The second-order valence-corrected chi connectivity index (χ2v) is 7.68. The highest BCUT2D eigenvalue weighted by Gasteiger charge is 2.29. The predicted octanol–water partition coefficient (Wildman–Crippen LogP) is 4.43. The van der Waals surface area contributed by atoms with Crippen molar-refractivity contribution in [2.45, 2.75) is 25.3 Å². The molecular formula is C19H19ClN2OS. The maximum Gasteiger partial charge on any atom is 0.167 e. The molecule has 1 aliphatic heterocycles. The molecule has 0 aliphatic carbocycles. The number of hydrogen-bond donors (Lipinski definition) is 1. The van der Waals surface area contributed by atoms with E-state index in [-0.39, 0.29) is 11.3 Å². The summed E-state index contributed by atoms with van der Waals surface area (Å²) in [6, 6.07) is 15.1. The SMILES string of the molecule is CC1(c2cccc(CC(=O)c3ccc(Cl)cc3)c2)CCSC(N)=N1. The van der Waals surface area contributed by atoms with Crippen molar-refractivity contribution in [2.75, 3.05) is 5.75 Å². The molecule has 0 fully saturated rings. The normalized spacial score (nSPS) is 20.5. The van der Waals surface area contributed by atoms with Gasteiger partial charge >= 0.3 is 0 Å². The molecule has 1 heterocycles. The van der Waals surface area contributed by atoms with Crippen LogP contribution in [0.1, 0.15) is 34.8 Å². The summed E-state index contributed by atoms with van der Waals surface area (Å²) in [5.41, 5.74) is 8.36. The fraction of sp³-hybridized carbons (Fsp3) is 0.263. The molecule has 2 N–H and O–H groups in total. The van der Waals surface area contributed by atoms with E-state index in [0.717, 1.165) is 23.3 Å². The summed E-state index contributed by atoms with van der Waals surface area (Å²) in [5.74, 6) is 1.04. The number of amidine groups is 1. The Bertz CT molecular complexity index is 788. The third kappa shape index (κ3) is 3.82. The Morgan fingerprint density at radius 3 is 2.75 bits per heavy atom. The summed E-state index contributed by atoms with van der Waals surface area (Å²) in [6.45, 7) is 2.10. The second-order valence-electron chi connectivity index (χ2n) is 6.13. The largest absolute Gasteiger partial charge is 0.379 e. The number of carbonyl (C=O) groups excluding carboxylic acids is 1. The minimum absolute atomic E-state index is 0.0798. The Morgan fingerprint density at radius 2 is 2.04 bits per heavy atom. The van der Waals surface area contributed by atoms with Gasteiger partial charge in [-0.15, -0.1) is 0 Å². The zero-order valence-electron chi connectivity index (χ0n) is 13.5. The summed E-state index contributed by atoms with van der Waals surface area (Å²) < 4.78 is 0. The van der Waals surface area contributed by atoms with E-state index in [0.29, 0.717) is 22.2 Å². The fourth-order valence-electron chi connectivity index (χ4n) is 2.83. The molecule has 3 nitrogen and oxygen atoms in total. The first-order chi connectivity index (χ1) is 11.5. The van der Waals surface area contributed by atoms with Crippen LogP contribution in [0.15, 0.2) is 53.5 Å². The maximum absolute atomic E-state index is 12.5. The molecule has 5 heteroatoms. The van der Waals surface area contributed by atoms with E-state index in [9.17, 15) is 4.79 Å². The lowest BCUT2D eigenvalue weighted by Crippen LogP contribution is -2.28. The van der Waals surface area contributed by atoms with Crippen LogP contribution in [0.2, 0.25) is 5.02 Å². The number of aliphatic imine (C=N–C) groups is 1. The molecule has 2 aromatic rings. The van der Waals surface area contributed by atoms with Gasteiger partial charge in [0.05, 0.1) is 5.54 Å². The van der Waals surface area contributed by atoms with Crippen molar-refractivity contribution in [3.8, 4) is 0 Å². The number of nitrogens with zero attached hydrogens (tertiary/aromatic N) is 1. The zero-order chi connectivity index (χ0) is 17.2. The van der Waals surface area contributed by atoms with Gasteiger partial charge in [-0.1, -0.05) is 47.6 Å². The van der Waals surface area contributed by atoms with Crippen molar-refractivity contribution < 1.29 is 4.79 Å². The first kappa shape index (κ1) is 17.1. The van der Waals surface area contributed by atoms with E-state index in [1.54, 1.807) is 36.0 Å². The van der Waals surface area contributed by atoms with Gasteiger partial charge in [0, 0.05) is 22.8 Å². The van der Waals surface area contributed by atoms with Crippen LogP contribution in [0.4, 0.5) is 0 Å². The molecule has 0 spiro atoms. The molecule has 124 valence electrons. The predicted molar refractivity (Wildman–Crippen MR) is 102 cm³/mol. The topological polar surface area (TPSA) is 55.5 Å². The van der Waals surface area contributed by atoms with E-state index in [2.05, 4.69) is 24.0 Å². The molecule has 24 heavy (non-hydrogen) atoms. The number of rotatable bonds is 4. The van der Waals surface area contributed by atoms with E-state index < -0.39 is 0 Å². The summed E-state index contributed by atoms with van der Waals surface area (Å²) >= 11 is 7.47. The smallest absolute Gasteiger partial charge is 0.167 e. The zero-order valence-corrected chi connectivity index (χ0v) is 15.0. The molecule has 3 rings (SSSR count). The van der Waals surface area contributed by atoms with Gasteiger partial charge < -0.3 is 5.73 Å². The Balaban J connectivity index is 1.82. The van der Waals surface area contributed by atoms with Crippen LogP contribution >= 0.6 is 23.4 Å². The number of halogens is 1. The summed E-state index contributed by atoms with van der Waals surface area (Å²) in [5, 5.41) is 1.26. The van der Waals surface area contributed by atoms with Crippen LogP contribution in [0.25, 0.3) is 0 Å². The van der Waals surface area contributed by atoms with E-state index in [1.807, 2.05) is 12.1 Å². The number of nitrogens with two attached hydrogens (primary N) is 1. The third-order valence-corrected chi connectivity index (χ3v) is 5.32. The lowest BCUT2D eigenvalue weighted by atomic mass is 9.88. The Kier molecular flexibility index (Phi) is 4.97. The van der Waals surface area contributed by atoms with Crippen molar-refractivity contribution in [2.24, 2.45) is 10.7 Å². The fourth-order valence-corrected chi connectivity index (χ4v) is 3.93. The standard InChI is InChI=1S/C19H19ClN2OS/c1-19(9-10-24-18(21)22-19)15-4-2-3-13(11-15)12-17(23)14-5-7-16(20)8-6-14/h2-8,11H,9-10,12H2,1H3,(H2,21,22). The van der Waals surface area contributed by atoms with Crippen molar-refractivity contribution in [3.05, 3.63) is 70.2 Å². The lowest BCUT2D eigenvalue weighted by Gasteiger charge is -2.30. The Labute approximate surface area is 151 Å². The van der Waals surface area contributed by atoms with Crippen LogP contribution in [-0.4, -0.2) is 16.7 Å². The highest BCUT2D eigenvalue weighted by molar-refractivity contribution is 8.13. The molecule has 0 amide bonds. The van der Waals surface area contributed by atoms with Crippen molar-refractivity contribution in [3.63, 3.8) is 0 Å². The van der Waals surface area contributed by atoms with Crippen LogP contribution in [0, 0.1) is 0 Å². The van der Waals surface area contributed by atoms with Crippen molar-refractivity contribution >= 4 is 34.3 Å². The van der Waals surface area contributed by atoms with Gasteiger partial charge in [-0.05, 0) is 48.7 Å². The van der Waals surface area contributed by atoms with Gasteiger partial charge in [0.1, 0.15) is 0 Å². The van der Waals surface area contributed by atoms with Gasteiger partial charge in [0.2, 0.25) is 0 Å². The van der Waals surface area contributed by atoms with Crippen LogP contribution in [-0.2, 0) is 12.0 Å². The van der Waals surface area contributed by atoms with Crippen LogP contribution in [0.3, 0.4) is 0 Å². The minimum Gasteiger partial charge on any atom is -0.379 e. The molecule has 0 saturated carbocycles. The highest BCUT2D eigenvalue weighted by atomic mass is 35.5. The van der Waals surface area contributed by atoms with Crippen LogP contribution in [0.5, 0.6) is 0 Å². The molecule has 2 aromatic carbocycles. The lowest BCUT2D eigenvalue weighted by molar-refractivity contribution is 0.0993. The maximum atomic E-state index is 12.5. The summed E-state index contributed by atoms with van der Waals surface area (Å²) in [7, 11) is 0.